The van der Waals surface area contributed by atoms with Crippen molar-refractivity contribution >= 4 is 5.91 Å². The van der Waals surface area contributed by atoms with Gasteiger partial charge in [0.1, 0.15) is 0 Å². The van der Waals surface area contributed by atoms with E-state index >= 15 is 0 Å². The van der Waals surface area contributed by atoms with Gasteiger partial charge >= 0.3 is 0 Å². The molecule has 1 aliphatic heterocycles. The van der Waals surface area contributed by atoms with Crippen LogP contribution in [-0.2, 0) is 4.79 Å². The molecule has 2 unspecified atom stereocenters. The normalized spacial score (nSPS) is 23.9. The zero-order valence-electron chi connectivity index (χ0n) is 12.1. The fourth-order valence-corrected chi connectivity index (χ4v) is 2.63. The molecule has 0 aromatic heterocycles. The first kappa shape index (κ1) is 15.5. The minimum atomic E-state index is 0.237. The van der Waals surface area contributed by atoms with Crippen LogP contribution in [0, 0.1) is 5.92 Å². The van der Waals surface area contributed by atoms with E-state index in [9.17, 15) is 4.79 Å². The summed E-state index contributed by atoms with van der Waals surface area (Å²) in [6, 6.07) is 0.489. The lowest BCUT2D eigenvalue weighted by Gasteiger charge is -2.27. The molecule has 106 valence electrons. The van der Waals surface area contributed by atoms with Gasteiger partial charge in [0, 0.05) is 18.5 Å². The van der Waals surface area contributed by atoms with Gasteiger partial charge in [0.25, 0.3) is 0 Å². The lowest BCUT2D eigenvalue weighted by atomic mass is 9.92. The van der Waals surface area contributed by atoms with E-state index in [2.05, 4.69) is 24.5 Å². The smallest absolute Gasteiger partial charge is 0.223 e. The molecule has 1 heterocycles. The zero-order valence-corrected chi connectivity index (χ0v) is 12.1. The molecule has 0 aromatic rings. The van der Waals surface area contributed by atoms with Crippen LogP contribution in [0.4, 0.5) is 0 Å². The molecule has 2 N–H and O–H groups in total. The van der Waals surface area contributed by atoms with E-state index in [0.717, 1.165) is 32.4 Å². The first-order chi connectivity index (χ1) is 8.74. The van der Waals surface area contributed by atoms with Crippen LogP contribution in [-0.4, -0.2) is 25.0 Å². The van der Waals surface area contributed by atoms with Gasteiger partial charge in [0.2, 0.25) is 5.91 Å². The highest BCUT2D eigenvalue weighted by atomic mass is 16.1. The van der Waals surface area contributed by atoms with Crippen LogP contribution in [0.2, 0.25) is 0 Å². The molecule has 2 atom stereocenters. The fraction of sp³-hybridized carbons (Fsp3) is 0.933. The Balaban J connectivity index is 1.99. The number of rotatable bonds is 8. The molecule has 1 saturated heterocycles. The second kappa shape index (κ2) is 9.37. The maximum atomic E-state index is 11.9. The average Bonchev–Trinajstić information content (AvgIpc) is 2.37. The van der Waals surface area contributed by atoms with E-state index in [1.165, 1.54) is 32.1 Å². The summed E-state index contributed by atoms with van der Waals surface area (Å²) in [7, 11) is 0. The monoisotopic (exact) mass is 254 g/mol. The molecule has 3 heteroatoms. The van der Waals surface area contributed by atoms with Gasteiger partial charge in [-0.25, -0.2) is 0 Å². The molecule has 18 heavy (non-hydrogen) atoms. The van der Waals surface area contributed by atoms with E-state index in [4.69, 9.17) is 0 Å². The Morgan fingerprint density at radius 3 is 2.67 bits per heavy atom. The SMILES string of the molecule is CCCCCCCCNC(=O)C1CCNC(C)C1. The van der Waals surface area contributed by atoms with Crippen LogP contribution in [0.1, 0.15) is 65.2 Å². The Bertz CT molecular complexity index is 231. The standard InChI is InChI=1S/C15H30N2O/c1-3-4-5-6-7-8-10-17-15(18)14-9-11-16-13(2)12-14/h13-14,16H,3-12H2,1-2H3,(H,17,18). The summed E-state index contributed by atoms with van der Waals surface area (Å²) in [5.41, 5.74) is 0. The molecule has 0 aliphatic carbocycles. The third kappa shape index (κ3) is 6.39. The van der Waals surface area contributed by atoms with Crippen LogP contribution >= 0.6 is 0 Å². The van der Waals surface area contributed by atoms with Crippen LogP contribution < -0.4 is 10.6 Å². The van der Waals surface area contributed by atoms with Crippen LogP contribution in [0.5, 0.6) is 0 Å². The van der Waals surface area contributed by atoms with Gasteiger partial charge in [0.05, 0.1) is 0 Å². The van der Waals surface area contributed by atoms with Gasteiger partial charge < -0.3 is 10.6 Å². The van der Waals surface area contributed by atoms with Crippen LogP contribution in [0.3, 0.4) is 0 Å². The highest BCUT2D eigenvalue weighted by molar-refractivity contribution is 5.78. The average molecular weight is 254 g/mol. The Kier molecular flexibility index (Phi) is 8.06. The molecule has 1 aliphatic rings. The van der Waals surface area contributed by atoms with Gasteiger partial charge in [-0.1, -0.05) is 39.0 Å². The quantitative estimate of drug-likeness (QED) is 0.654. The Morgan fingerprint density at radius 2 is 1.94 bits per heavy atom. The Hall–Kier alpha value is -0.570. The van der Waals surface area contributed by atoms with Crippen molar-refractivity contribution in [1.29, 1.82) is 0 Å². The number of amides is 1. The topological polar surface area (TPSA) is 41.1 Å². The predicted molar refractivity (Wildman–Crippen MR) is 76.6 cm³/mol. The Labute approximate surface area is 112 Å². The molecule has 0 aromatic carbocycles. The van der Waals surface area contributed by atoms with E-state index in [1.54, 1.807) is 0 Å². The molecular formula is C15H30N2O. The van der Waals surface area contributed by atoms with E-state index in [0.29, 0.717) is 6.04 Å². The number of carbonyl (C=O) groups excluding carboxylic acids is 1. The fourth-order valence-electron chi connectivity index (χ4n) is 2.63. The lowest BCUT2D eigenvalue weighted by Crippen LogP contribution is -2.42. The summed E-state index contributed by atoms with van der Waals surface area (Å²) < 4.78 is 0. The third-order valence-corrected chi connectivity index (χ3v) is 3.82. The molecule has 1 rings (SSSR count). The van der Waals surface area contributed by atoms with Gasteiger partial charge in [-0.3, -0.25) is 4.79 Å². The Morgan fingerprint density at radius 1 is 1.22 bits per heavy atom. The highest BCUT2D eigenvalue weighted by Crippen LogP contribution is 2.15. The number of carbonyl (C=O) groups is 1. The summed E-state index contributed by atoms with van der Waals surface area (Å²) >= 11 is 0. The van der Waals surface area contributed by atoms with Crippen molar-refractivity contribution < 1.29 is 4.79 Å². The van der Waals surface area contributed by atoms with Crippen molar-refractivity contribution in [1.82, 2.24) is 10.6 Å². The number of hydrogen-bond donors (Lipinski definition) is 2. The number of hydrogen-bond acceptors (Lipinski definition) is 2. The van der Waals surface area contributed by atoms with Gasteiger partial charge in [0.15, 0.2) is 0 Å². The highest BCUT2D eigenvalue weighted by Gasteiger charge is 2.23. The summed E-state index contributed by atoms with van der Waals surface area (Å²) in [5.74, 6) is 0.512. The first-order valence-corrected chi connectivity index (χ1v) is 7.75. The van der Waals surface area contributed by atoms with Crippen molar-refractivity contribution in [2.45, 2.75) is 71.3 Å². The second-order valence-electron chi connectivity index (χ2n) is 5.64. The van der Waals surface area contributed by atoms with Gasteiger partial charge in [-0.2, -0.15) is 0 Å². The molecule has 1 fully saturated rings. The van der Waals surface area contributed by atoms with E-state index < -0.39 is 0 Å². The number of unbranched alkanes of at least 4 members (excludes halogenated alkanes) is 5. The van der Waals surface area contributed by atoms with E-state index in [1.807, 2.05) is 0 Å². The summed E-state index contributed by atoms with van der Waals surface area (Å²) in [6.45, 7) is 6.24. The lowest BCUT2D eigenvalue weighted by molar-refractivity contribution is -0.126. The van der Waals surface area contributed by atoms with Gasteiger partial charge in [-0.15, -0.1) is 0 Å². The molecule has 1 amide bonds. The van der Waals surface area contributed by atoms with Crippen LogP contribution in [0.15, 0.2) is 0 Å². The summed E-state index contributed by atoms with van der Waals surface area (Å²) in [6.07, 6.45) is 9.67. The number of piperidine rings is 1. The maximum absolute atomic E-state index is 11.9. The predicted octanol–water partition coefficient (Wildman–Crippen LogP) is 2.85. The molecule has 0 saturated carbocycles. The van der Waals surface area contributed by atoms with Crippen molar-refractivity contribution in [2.75, 3.05) is 13.1 Å². The summed E-state index contributed by atoms with van der Waals surface area (Å²) in [4.78, 5) is 11.9. The minimum absolute atomic E-state index is 0.237. The van der Waals surface area contributed by atoms with E-state index in [-0.39, 0.29) is 11.8 Å². The van der Waals surface area contributed by atoms with Crippen LogP contribution in [0.25, 0.3) is 0 Å². The zero-order chi connectivity index (χ0) is 13.2. The molecule has 0 radical (unpaired) electrons. The van der Waals surface area contributed by atoms with Crippen molar-refractivity contribution in [3.05, 3.63) is 0 Å². The molecular weight excluding hydrogens is 224 g/mol. The molecule has 3 nitrogen and oxygen atoms in total. The second-order valence-corrected chi connectivity index (χ2v) is 5.64. The molecule has 0 spiro atoms. The summed E-state index contributed by atoms with van der Waals surface area (Å²) in [5, 5.41) is 6.48. The van der Waals surface area contributed by atoms with Crippen molar-refractivity contribution in [3.63, 3.8) is 0 Å². The molecule has 0 bridgehead atoms. The van der Waals surface area contributed by atoms with Gasteiger partial charge in [-0.05, 0) is 32.7 Å². The largest absolute Gasteiger partial charge is 0.356 e. The third-order valence-electron chi connectivity index (χ3n) is 3.82. The van der Waals surface area contributed by atoms with Crippen molar-refractivity contribution in [2.24, 2.45) is 5.92 Å². The first-order valence-electron chi connectivity index (χ1n) is 7.75. The number of nitrogens with one attached hydrogen (secondary N) is 2. The minimum Gasteiger partial charge on any atom is -0.356 e. The maximum Gasteiger partial charge on any atom is 0.223 e. The van der Waals surface area contributed by atoms with Crippen molar-refractivity contribution in [3.8, 4) is 0 Å².